The number of nitrogens with two attached hydrogens (primary N) is 1. The molecule has 1 aromatic carbocycles. The van der Waals surface area contributed by atoms with Crippen molar-refractivity contribution in [2.75, 3.05) is 12.3 Å². The van der Waals surface area contributed by atoms with E-state index >= 15 is 0 Å². The first-order valence-corrected chi connectivity index (χ1v) is 10.7. The van der Waals surface area contributed by atoms with E-state index in [0.29, 0.717) is 23.5 Å². The quantitative estimate of drug-likeness (QED) is 0.216. The Balaban J connectivity index is 1.89. The van der Waals surface area contributed by atoms with Crippen LogP contribution in [0.3, 0.4) is 0 Å². The van der Waals surface area contributed by atoms with Gasteiger partial charge in [-0.15, -0.1) is 0 Å². The lowest BCUT2D eigenvalue weighted by atomic mass is 10.1. The van der Waals surface area contributed by atoms with E-state index in [1.807, 2.05) is 0 Å². The van der Waals surface area contributed by atoms with Crippen molar-refractivity contribution >= 4 is 35.5 Å². The van der Waals surface area contributed by atoms with E-state index < -0.39 is 54.7 Å². The second-order valence-corrected chi connectivity index (χ2v) is 7.64. The van der Waals surface area contributed by atoms with E-state index in [1.54, 1.807) is 48.5 Å². The highest BCUT2D eigenvalue weighted by atomic mass is 16.4. The molecule has 1 heterocycles. The number of aromatic nitrogens is 1. The summed E-state index contributed by atoms with van der Waals surface area (Å²) in [5.74, 6) is -4.61. The zero-order valence-corrected chi connectivity index (χ0v) is 18.8. The lowest BCUT2D eigenvalue weighted by Gasteiger charge is -2.20. The van der Waals surface area contributed by atoms with E-state index in [4.69, 9.17) is 10.8 Å². The van der Waals surface area contributed by atoms with E-state index in [0.717, 1.165) is 0 Å². The molecule has 2 atom stereocenters. The summed E-state index contributed by atoms with van der Waals surface area (Å²) >= 11 is 0. The van der Waals surface area contributed by atoms with Crippen LogP contribution < -0.4 is 21.7 Å². The minimum atomic E-state index is -1.54. The minimum Gasteiger partial charge on any atom is -0.481 e. The number of pyridine rings is 1. The van der Waals surface area contributed by atoms with Gasteiger partial charge in [0.25, 0.3) is 0 Å². The van der Waals surface area contributed by atoms with E-state index in [1.165, 1.54) is 0 Å². The number of carbonyl (C=O) groups is 5. The molecule has 0 aliphatic heterocycles. The van der Waals surface area contributed by atoms with Crippen LogP contribution in [0.1, 0.15) is 24.1 Å². The second kappa shape index (κ2) is 13.3. The number of nitrogen functional groups attached to an aromatic ring is 1. The fourth-order valence-electron chi connectivity index (χ4n) is 3.10. The summed E-state index contributed by atoms with van der Waals surface area (Å²) in [6.45, 7) is -0.501. The summed E-state index contributed by atoms with van der Waals surface area (Å²) in [4.78, 5) is 63.7. The Morgan fingerprint density at radius 2 is 1.60 bits per heavy atom. The number of hydrogen-bond donors (Lipinski definition) is 6. The molecule has 2 aromatic rings. The van der Waals surface area contributed by atoms with Crippen LogP contribution in [0.5, 0.6) is 0 Å². The molecule has 0 fully saturated rings. The lowest BCUT2D eigenvalue weighted by Crippen LogP contribution is -2.54. The number of carboxylic acids is 2. The largest absolute Gasteiger partial charge is 0.481 e. The number of aliphatic carboxylic acids is 2. The highest BCUT2D eigenvalue weighted by Crippen LogP contribution is 2.05. The Morgan fingerprint density at radius 3 is 2.23 bits per heavy atom. The molecule has 0 saturated carbocycles. The van der Waals surface area contributed by atoms with Crippen LogP contribution in [-0.4, -0.2) is 63.5 Å². The maximum absolute atomic E-state index is 12.6. The van der Waals surface area contributed by atoms with Gasteiger partial charge in [0.2, 0.25) is 17.7 Å². The monoisotopic (exact) mass is 485 g/mol. The average Bonchev–Trinajstić information content (AvgIpc) is 2.81. The molecule has 7 N–H and O–H groups in total. The molecule has 0 bridgehead atoms. The third-order valence-corrected chi connectivity index (χ3v) is 4.81. The third kappa shape index (κ3) is 9.90. The first-order chi connectivity index (χ1) is 16.6. The van der Waals surface area contributed by atoms with Gasteiger partial charge in [0, 0.05) is 18.5 Å². The van der Waals surface area contributed by atoms with Gasteiger partial charge in [0.05, 0.1) is 13.0 Å². The number of anilines is 1. The number of aryl methyl sites for hydroxylation is 1. The number of amides is 3. The Bertz CT molecular complexity index is 1060. The van der Waals surface area contributed by atoms with Crippen molar-refractivity contribution < 1.29 is 34.2 Å². The SMILES string of the molecule is Nc1cccc(CCC(=O)NCC(=O)N[C@@H](CC(=O)O)C(=O)N[C@@H](Cc2ccccc2)C(=O)O)n1. The Morgan fingerprint density at radius 1 is 0.886 bits per heavy atom. The van der Waals surface area contributed by atoms with Crippen LogP contribution >= 0.6 is 0 Å². The molecule has 0 unspecified atom stereocenters. The topological polar surface area (TPSA) is 201 Å². The molecule has 0 aliphatic carbocycles. The van der Waals surface area contributed by atoms with Crippen LogP contribution in [0.4, 0.5) is 5.82 Å². The van der Waals surface area contributed by atoms with E-state index in [-0.39, 0.29) is 12.8 Å². The molecule has 0 radical (unpaired) electrons. The minimum absolute atomic E-state index is 0.0303. The summed E-state index contributed by atoms with van der Waals surface area (Å²) in [6, 6.07) is 10.7. The molecule has 186 valence electrons. The Labute approximate surface area is 200 Å². The van der Waals surface area contributed by atoms with Gasteiger partial charge in [-0.3, -0.25) is 19.2 Å². The molecule has 35 heavy (non-hydrogen) atoms. The molecular formula is C23H27N5O7. The molecule has 2 rings (SSSR count). The standard InChI is InChI=1S/C23H27N5O7/c24-18-8-4-7-15(26-18)9-10-19(29)25-13-20(30)27-16(12-21(31)32)22(33)28-17(23(34)35)11-14-5-2-1-3-6-14/h1-8,16-17H,9-13H2,(H2,24,26)(H,25,29)(H,27,30)(H,28,33)(H,31,32)(H,34,35)/t16-,17-/m0/s1. The van der Waals surface area contributed by atoms with Crippen molar-refractivity contribution in [3.05, 3.63) is 59.8 Å². The molecule has 0 aliphatic rings. The molecule has 0 spiro atoms. The van der Waals surface area contributed by atoms with Gasteiger partial charge in [-0.25, -0.2) is 9.78 Å². The zero-order valence-electron chi connectivity index (χ0n) is 18.8. The maximum Gasteiger partial charge on any atom is 0.326 e. The third-order valence-electron chi connectivity index (χ3n) is 4.81. The predicted octanol–water partition coefficient (Wildman–Crippen LogP) is -0.516. The second-order valence-electron chi connectivity index (χ2n) is 7.64. The van der Waals surface area contributed by atoms with Crippen LogP contribution in [0.15, 0.2) is 48.5 Å². The maximum atomic E-state index is 12.6. The normalized spacial score (nSPS) is 12.1. The van der Waals surface area contributed by atoms with Gasteiger partial charge in [0.1, 0.15) is 17.9 Å². The van der Waals surface area contributed by atoms with Crippen LogP contribution in [0.25, 0.3) is 0 Å². The molecule has 1 aromatic heterocycles. The number of nitrogens with one attached hydrogen (secondary N) is 3. The van der Waals surface area contributed by atoms with Crippen LogP contribution in [0, 0.1) is 0 Å². The number of nitrogens with zero attached hydrogens (tertiary/aromatic N) is 1. The van der Waals surface area contributed by atoms with Crippen LogP contribution in [-0.2, 0) is 36.8 Å². The van der Waals surface area contributed by atoms with E-state index in [9.17, 15) is 29.1 Å². The Hall–Kier alpha value is -4.48. The summed E-state index contributed by atoms with van der Waals surface area (Å²) in [6.07, 6.45) is -0.485. The lowest BCUT2D eigenvalue weighted by molar-refractivity contribution is -0.143. The van der Waals surface area contributed by atoms with Gasteiger partial charge < -0.3 is 31.9 Å². The fourth-order valence-corrected chi connectivity index (χ4v) is 3.10. The molecule has 0 saturated heterocycles. The number of carbonyl (C=O) groups excluding carboxylic acids is 3. The summed E-state index contributed by atoms with van der Waals surface area (Å²) in [5, 5.41) is 25.4. The van der Waals surface area contributed by atoms with Crippen molar-refractivity contribution in [1.29, 1.82) is 0 Å². The van der Waals surface area contributed by atoms with Crippen LogP contribution in [0.2, 0.25) is 0 Å². The summed E-state index contributed by atoms with van der Waals surface area (Å²) in [7, 11) is 0. The highest BCUT2D eigenvalue weighted by Gasteiger charge is 2.28. The molecule has 12 heteroatoms. The van der Waals surface area contributed by atoms with Crippen molar-refractivity contribution in [3.8, 4) is 0 Å². The van der Waals surface area contributed by atoms with Gasteiger partial charge >= 0.3 is 11.9 Å². The number of carboxylic acid groups (broad SMARTS) is 2. The molecular weight excluding hydrogens is 458 g/mol. The number of rotatable bonds is 13. The van der Waals surface area contributed by atoms with Crippen molar-refractivity contribution in [3.63, 3.8) is 0 Å². The first-order valence-electron chi connectivity index (χ1n) is 10.7. The molecule has 12 nitrogen and oxygen atoms in total. The number of benzene rings is 1. The zero-order chi connectivity index (χ0) is 25.8. The average molecular weight is 485 g/mol. The fraction of sp³-hybridized carbons (Fsp3) is 0.304. The number of hydrogen-bond acceptors (Lipinski definition) is 7. The van der Waals surface area contributed by atoms with Crippen molar-refractivity contribution in [1.82, 2.24) is 20.9 Å². The van der Waals surface area contributed by atoms with Gasteiger partial charge in [-0.05, 0) is 24.1 Å². The van der Waals surface area contributed by atoms with Crippen molar-refractivity contribution in [2.24, 2.45) is 0 Å². The first kappa shape index (κ1) is 26.8. The summed E-state index contributed by atoms with van der Waals surface area (Å²) < 4.78 is 0. The van der Waals surface area contributed by atoms with Gasteiger partial charge in [0.15, 0.2) is 0 Å². The van der Waals surface area contributed by atoms with Gasteiger partial charge in [-0.1, -0.05) is 36.4 Å². The van der Waals surface area contributed by atoms with Crippen molar-refractivity contribution in [2.45, 2.75) is 37.8 Å². The van der Waals surface area contributed by atoms with E-state index in [2.05, 4.69) is 20.9 Å². The van der Waals surface area contributed by atoms with Gasteiger partial charge in [-0.2, -0.15) is 0 Å². The Kier molecular flexibility index (Phi) is 10.2. The predicted molar refractivity (Wildman–Crippen MR) is 124 cm³/mol. The molecule has 3 amide bonds. The summed E-state index contributed by atoms with van der Waals surface area (Å²) in [5.41, 5.74) is 6.83. The smallest absolute Gasteiger partial charge is 0.326 e. The highest BCUT2D eigenvalue weighted by molar-refractivity contribution is 5.94.